The quantitative estimate of drug-likeness (QED) is 0.624. The molecule has 1 unspecified atom stereocenters. The zero-order valence-corrected chi connectivity index (χ0v) is 17.9. The van der Waals surface area contributed by atoms with Crippen molar-refractivity contribution in [2.75, 3.05) is 13.6 Å². The summed E-state index contributed by atoms with van der Waals surface area (Å²) in [5.41, 5.74) is 1.03. The van der Waals surface area contributed by atoms with Crippen LogP contribution in [0.1, 0.15) is 24.8 Å². The lowest BCUT2D eigenvalue weighted by Crippen LogP contribution is -2.51. The number of hydrogen-bond donors (Lipinski definition) is 0. The molecule has 1 amide bonds. The van der Waals surface area contributed by atoms with Crippen LogP contribution in [-0.4, -0.2) is 43.2 Å². The molecule has 3 aromatic rings. The average molecular weight is 423 g/mol. The van der Waals surface area contributed by atoms with Crippen molar-refractivity contribution < 1.29 is 13.2 Å². The van der Waals surface area contributed by atoms with Crippen LogP contribution in [-0.2, 0) is 21.4 Å². The minimum atomic E-state index is -3.71. The molecule has 0 bridgehead atoms. The number of amides is 1. The number of sulfonamides is 1. The topological polar surface area (TPSA) is 57.7 Å². The van der Waals surface area contributed by atoms with Crippen molar-refractivity contribution in [3.63, 3.8) is 0 Å². The Bertz CT molecular complexity index is 1150. The van der Waals surface area contributed by atoms with Crippen LogP contribution in [0.5, 0.6) is 0 Å². The van der Waals surface area contributed by atoms with Crippen LogP contribution in [0.3, 0.4) is 0 Å². The molecule has 0 N–H and O–H groups in total. The van der Waals surface area contributed by atoms with Gasteiger partial charge in [-0.2, -0.15) is 4.31 Å². The Morgan fingerprint density at radius 1 is 0.967 bits per heavy atom. The summed E-state index contributed by atoms with van der Waals surface area (Å²) >= 11 is 0. The van der Waals surface area contributed by atoms with Crippen LogP contribution in [0.4, 0.5) is 0 Å². The molecule has 0 radical (unpaired) electrons. The molecule has 0 spiro atoms. The van der Waals surface area contributed by atoms with Crippen molar-refractivity contribution in [2.24, 2.45) is 0 Å². The van der Waals surface area contributed by atoms with E-state index in [2.05, 4.69) is 24.3 Å². The lowest BCUT2D eigenvalue weighted by atomic mass is 10.0. The minimum Gasteiger partial charge on any atom is -0.340 e. The molecular formula is C24H26N2O3S. The maximum atomic E-state index is 13.3. The molecule has 1 aliphatic rings. The SMILES string of the molecule is CN(Cc1ccc2ccccc2c1)C(=O)C1CCCCN1S(=O)(=O)c1ccccc1. The summed E-state index contributed by atoms with van der Waals surface area (Å²) in [5, 5.41) is 2.28. The number of piperidine rings is 1. The zero-order chi connectivity index (χ0) is 21.1. The molecule has 3 aromatic carbocycles. The highest BCUT2D eigenvalue weighted by atomic mass is 32.2. The summed E-state index contributed by atoms with van der Waals surface area (Å²) < 4.78 is 27.8. The van der Waals surface area contributed by atoms with Gasteiger partial charge in [0.1, 0.15) is 6.04 Å². The first-order valence-electron chi connectivity index (χ1n) is 10.3. The molecule has 6 heteroatoms. The van der Waals surface area contributed by atoms with Gasteiger partial charge in [0, 0.05) is 20.1 Å². The van der Waals surface area contributed by atoms with E-state index in [1.807, 2.05) is 18.2 Å². The van der Waals surface area contributed by atoms with E-state index in [1.165, 1.54) is 4.31 Å². The largest absolute Gasteiger partial charge is 0.340 e. The first kappa shape index (κ1) is 20.6. The first-order valence-corrected chi connectivity index (χ1v) is 11.7. The number of nitrogens with zero attached hydrogens (tertiary/aromatic N) is 2. The summed E-state index contributed by atoms with van der Waals surface area (Å²) in [7, 11) is -1.96. The first-order chi connectivity index (χ1) is 14.5. The van der Waals surface area contributed by atoms with Gasteiger partial charge in [-0.05, 0) is 47.4 Å². The number of hydrogen-bond acceptors (Lipinski definition) is 3. The lowest BCUT2D eigenvalue weighted by Gasteiger charge is -2.35. The fourth-order valence-corrected chi connectivity index (χ4v) is 5.78. The summed E-state index contributed by atoms with van der Waals surface area (Å²) in [6.45, 7) is 0.816. The molecule has 4 rings (SSSR count). The molecule has 1 atom stereocenters. The van der Waals surface area contributed by atoms with Crippen LogP contribution in [0.15, 0.2) is 77.7 Å². The molecular weight excluding hydrogens is 396 g/mol. The number of rotatable bonds is 5. The van der Waals surface area contributed by atoms with Crippen LogP contribution < -0.4 is 0 Å². The standard InChI is InChI=1S/C24H26N2O3S/c1-25(18-19-14-15-20-9-5-6-10-21(20)17-19)24(27)23-13-7-8-16-26(23)30(28,29)22-11-3-2-4-12-22/h2-6,9-12,14-15,17,23H,7-8,13,16,18H2,1H3. The normalized spacial score (nSPS) is 17.7. The number of benzene rings is 3. The van der Waals surface area contributed by atoms with Crippen molar-refractivity contribution in [2.45, 2.75) is 36.7 Å². The molecule has 0 aromatic heterocycles. The van der Waals surface area contributed by atoms with Gasteiger partial charge >= 0.3 is 0 Å². The Hall–Kier alpha value is -2.70. The summed E-state index contributed by atoms with van der Waals surface area (Å²) in [6.07, 6.45) is 2.16. The Balaban J connectivity index is 1.55. The smallest absolute Gasteiger partial charge is 0.243 e. The monoisotopic (exact) mass is 422 g/mol. The Morgan fingerprint density at radius 2 is 1.67 bits per heavy atom. The fourth-order valence-electron chi connectivity index (χ4n) is 4.11. The van der Waals surface area contributed by atoms with Crippen molar-refractivity contribution in [1.29, 1.82) is 0 Å². The molecule has 1 heterocycles. The number of carbonyl (C=O) groups excluding carboxylic acids is 1. The van der Waals surface area contributed by atoms with Crippen LogP contribution in [0, 0.1) is 0 Å². The molecule has 1 saturated heterocycles. The molecule has 156 valence electrons. The van der Waals surface area contributed by atoms with E-state index in [0.29, 0.717) is 19.5 Å². The van der Waals surface area contributed by atoms with E-state index in [9.17, 15) is 13.2 Å². The molecule has 1 fully saturated rings. The minimum absolute atomic E-state index is 0.151. The maximum Gasteiger partial charge on any atom is 0.243 e. The van der Waals surface area contributed by atoms with Crippen molar-refractivity contribution in [3.05, 3.63) is 78.4 Å². The summed E-state index contributed by atoms with van der Waals surface area (Å²) in [6, 6.07) is 22.0. The van der Waals surface area contributed by atoms with Crippen molar-refractivity contribution in [3.8, 4) is 0 Å². The highest BCUT2D eigenvalue weighted by molar-refractivity contribution is 7.89. The molecule has 0 saturated carbocycles. The second kappa shape index (κ2) is 8.58. The van der Waals surface area contributed by atoms with Gasteiger partial charge in [0.25, 0.3) is 0 Å². The third kappa shape index (κ3) is 4.11. The Labute approximate surface area is 178 Å². The second-order valence-corrected chi connectivity index (χ2v) is 9.71. The Morgan fingerprint density at radius 3 is 2.43 bits per heavy atom. The predicted molar refractivity (Wildman–Crippen MR) is 118 cm³/mol. The molecule has 30 heavy (non-hydrogen) atoms. The van der Waals surface area contributed by atoms with Gasteiger partial charge in [0.05, 0.1) is 4.90 Å². The van der Waals surface area contributed by atoms with Gasteiger partial charge in [-0.25, -0.2) is 8.42 Å². The van der Waals surface area contributed by atoms with Gasteiger partial charge in [-0.1, -0.05) is 61.0 Å². The molecule has 1 aliphatic heterocycles. The van der Waals surface area contributed by atoms with Crippen LogP contribution >= 0.6 is 0 Å². The van der Waals surface area contributed by atoms with Gasteiger partial charge in [0.15, 0.2) is 0 Å². The summed E-state index contributed by atoms with van der Waals surface area (Å²) in [5.74, 6) is -0.151. The fraction of sp³-hybridized carbons (Fsp3) is 0.292. The highest BCUT2D eigenvalue weighted by Gasteiger charge is 2.38. The van der Waals surface area contributed by atoms with Crippen LogP contribution in [0.25, 0.3) is 10.8 Å². The van der Waals surface area contributed by atoms with Gasteiger partial charge in [-0.15, -0.1) is 0 Å². The highest BCUT2D eigenvalue weighted by Crippen LogP contribution is 2.27. The average Bonchev–Trinajstić information content (AvgIpc) is 2.79. The zero-order valence-electron chi connectivity index (χ0n) is 17.1. The van der Waals surface area contributed by atoms with Crippen LogP contribution in [0.2, 0.25) is 0 Å². The van der Waals surface area contributed by atoms with E-state index < -0.39 is 16.1 Å². The van der Waals surface area contributed by atoms with Gasteiger partial charge in [0.2, 0.25) is 15.9 Å². The van der Waals surface area contributed by atoms with Gasteiger partial charge < -0.3 is 4.90 Å². The maximum absolute atomic E-state index is 13.3. The predicted octanol–water partition coefficient (Wildman–Crippen LogP) is 4.04. The van der Waals surface area contributed by atoms with E-state index in [1.54, 1.807) is 42.3 Å². The third-order valence-electron chi connectivity index (χ3n) is 5.70. The van der Waals surface area contributed by atoms with E-state index in [4.69, 9.17) is 0 Å². The molecule has 5 nitrogen and oxygen atoms in total. The van der Waals surface area contributed by atoms with E-state index >= 15 is 0 Å². The van der Waals surface area contributed by atoms with E-state index in [-0.39, 0.29) is 10.8 Å². The second-order valence-electron chi connectivity index (χ2n) is 7.82. The number of fused-ring (bicyclic) bond motifs is 1. The van der Waals surface area contributed by atoms with Crippen molar-refractivity contribution >= 4 is 26.7 Å². The van der Waals surface area contributed by atoms with Crippen molar-refractivity contribution in [1.82, 2.24) is 9.21 Å². The Kier molecular flexibility index (Phi) is 5.88. The number of carbonyl (C=O) groups is 1. The van der Waals surface area contributed by atoms with Gasteiger partial charge in [-0.3, -0.25) is 4.79 Å². The molecule has 0 aliphatic carbocycles. The summed E-state index contributed by atoms with van der Waals surface area (Å²) in [4.78, 5) is 15.2. The van der Waals surface area contributed by atoms with E-state index in [0.717, 1.165) is 29.2 Å². The third-order valence-corrected chi connectivity index (χ3v) is 7.62. The lowest BCUT2D eigenvalue weighted by molar-refractivity contribution is -0.135. The number of likely N-dealkylation sites (N-methyl/N-ethyl adjacent to an activating group) is 1.